The average Bonchev–Trinajstić information content (AvgIpc) is 2.75. The molecule has 0 fully saturated rings. The first-order valence-corrected chi connectivity index (χ1v) is 6.44. The molecule has 1 N–H and O–H groups in total. The minimum atomic E-state index is -0.761. The number of nitrogens with zero attached hydrogens (tertiary/aromatic N) is 4. The predicted octanol–water partition coefficient (Wildman–Crippen LogP) is 2.13. The van der Waals surface area contributed by atoms with E-state index < -0.39 is 5.03 Å². The molecule has 0 atom stereocenters. The fraction of sp³-hybridized carbons (Fsp3) is 0.333. The Morgan fingerprint density at radius 3 is 2.80 bits per heavy atom. The van der Waals surface area contributed by atoms with Crippen LogP contribution < -0.4 is 5.62 Å². The summed E-state index contributed by atoms with van der Waals surface area (Å²) in [5.74, 6) is 0.751. The van der Waals surface area contributed by atoms with Crippen LogP contribution in [0.2, 0.25) is 5.02 Å². The number of nitro groups is 1. The van der Waals surface area contributed by atoms with Gasteiger partial charge in [0, 0.05) is 10.9 Å². The summed E-state index contributed by atoms with van der Waals surface area (Å²) in [6, 6.07) is 7.29. The highest BCUT2D eigenvalue weighted by atomic mass is 35.5. The topological polar surface area (TPSA) is 89.1 Å². The van der Waals surface area contributed by atoms with Gasteiger partial charge in [0.15, 0.2) is 5.03 Å². The largest absolute Gasteiger partial charge is 0.318 e. The van der Waals surface area contributed by atoms with Crippen LogP contribution >= 0.6 is 11.6 Å². The molecule has 20 heavy (non-hydrogen) atoms. The van der Waals surface area contributed by atoms with E-state index in [0.29, 0.717) is 17.4 Å². The SMILES string of the molecule is CC(C)c1n/c(=N\[N+](=O)[O-])n(Cc2ccccc2Cl)[nH]1. The van der Waals surface area contributed by atoms with Gasteiger partial charge in [0.2, 0.25) is 0 Å². The van der Waals surface area contributed by atoms with Crippen LogP contribution in [-0.4, -0.2) is 19.8 Å². The van der Waals surface area contributed by atoms with Gasteiger partial charge in [-0.1, -0.05) is 43.6 Å². The average molecular weight is 296 g/mol. The Hall–Kier alpha value is -2.15. The molecule has 2 rings (SSSR count). The molecule has 2 aromatic rings. The highest BCUT2D eigenvalue weighted by Gasteiger charge is 2.11. The minimum absolute atomic E-state index is 0.0265. The van der Waals surface area contributed by atoms with Crippen LogP contribution in [0.5, 0.6) is 0 Å². The summed E-state index contributed by atoms with van der Waals surface area (Å²) >= 11 is 6.09. The third kappa shape index (κ3) is 3.24. The summed E-state index contributed by atoms with van der Waals surface area (Å²) in [7, 11) is 0. The maximum atomic E-state index is 10.6. The van der Waals surface area contributed by atoms with Crippen molar-refractivity contribution in [3.63, 3.8) is 0 Å². The zero-order chi connectivity index (χ0) is 14.7. The summed E-state index contributed by atoms with van der Waals surface area (Å²) in [4.78, 5) is 14.7. The Kier molecular flexibility index (Phi) is 4.19. The summed E-state index contributed by atoms with van der Waals surface area (Å²) in [6.45, 7) is 4.22. The first-order valence-electron chi connectivity index (χ1n) is 6.06. The standard InChI is InChI=1S/C12H14ClN5O2/c1-8(2)11-14-12(16-18(19)20)17(15-11)7-9-5-3-4-6-10(9)13/h3-6,8H,7H2,1-2H3,(H,14,15,16). The number of benzene rings is 1. The van der Waals surface area contributed by atoms with Crippen LogP contribution in [0.3, 0.4) is 0 Å². The third-order valence-electron chi connectivity index (χ3n) is 2.72. The lowest BCUT2D eigenvalue weighted by Crippen LogP contribution is -2.22. The molecule has 0 bridgehead atoms. The van der Waals surface area contributed by atoms with Crippen molar-refractivity contribution in [2.24, 2.45) is 5.10 Å². The fourth-order valence-electron chi connectivity index (χ4n) is 1.70. The van der Waals surface area contributed by atoms with Crippen molar-refractivity contribution in [3.8, 4) is 0 Å². The molecule has 106 valence electrons. The van der Waals surface area contributed by atoms with E-state index in [1.54, 1.807) is 6.07 Å². The molecule has 1 heterocycles. The second-order valence-corrected chi connectivity index (χ2v) is 4.99. The molecule has 8 heteroatoms. The molecular weight excluding hydrogens is 282 g/mol. The summed E-state index contributed by atoms with van der Waals surface area (Å²) < 4.78 is 1.51. The summed E-state index contributed by atoms with van der Waals surface area (Å²) in [6.07, 6.45) is 0. The van der Waals surface area contributed by atoms with Gasteiger partial charge in [-0.25, -0.2) is 14.8 Å². The Balaban J connectivity index is 2.45. The quantitative estimate of drug-likeness (QED) is 0.692. The number of rotatable bonds is 4. The molecule has 0 unspecified atom stereocenters. The lowest BCUT2D eigenvalue weighted by Gasteiger charge is -2.04. The number of hydrogen-bond donors (Lipinski definition) is 1. The zero-order valence-electron chi connectivity index (χ0n) is 11.1. The van der Waals surface area contributed by atoms with Crippen molar-refractivity contribution in [3.05, 3.63) is 56.4 Å². The molecule has 0 aliphatic heterocycles. The number of hydrogen-bond acceptors (Lipinski definition) is 3. The van der Waals surface area contributed by atoms with Crippen molar-refractivity contribution in [1.82, 2.24) is 14.8 Å². The van der Waals surface area contributed by atoms with Gasteiger partial charge < -0.3 is 0 Å². The second kappa shape index (κ2) is 5.87. The maximum absolute atomic E-state index is 10.6. The minimum Gasteiger partial charge on any atom is -0.282 e. The Morgan fingerprint density at radius 1 is 1.50 bits per heavy atom. The Bertz CT molecular complexity index is 689. The number of H-pyrrole nitrogens is 1. The van der Waals surface area contributed by atoms with Crippen LogP contribution in [0, 0.1) is 10.1 Å². The molecule has 1 aromatic carbocycles. The van der Waals surface area contributed by atoms with Crippen molar-refractivity contribution < 1.29 is 5.03 Å². The molecule has 0 saturated heterocycles. The van der Waals surface area contributed by atoms with E-state index in [2.05, 4.69) is 15.2 Å². The lowest BCUT2D eigenvalue weighted by molar-refractivity contribution is -0.491. The van der Waals surface area contributed by atoms with Gasteiger partial charge in [0.25, 0.3) is 0 Å². The molecule has 0 radical (unpaired) electrons. The monoisotopic (exact) mass is 295 g/mol. The van der Waals surface area contributed by atoms with Gasteiger partial charge in [0.05, 0.1) is 6.54 Å². The van der Waals surface area contributed by atoms with Crippen molar-refractivity contribution in [2.45, 2.75) is 26.3 Å². The van der Waals surface area contributed by atoms with E-state index in [4.69, 9.17) is 11.6 Å². The molecular formula is C12H14ClN5O2. The van der Waals surface area contributed by atoms with E-state index in [9.17, 15) is 10.1 Å². The molecule has 0 aliphatic rings. The number of nitrogens with one attached hydrogen (secondary N) is 1. The van der Waals surface area contributed by atoms with Crippen LogP contribution in [0.25, 0.3) is 0 Å². The van der Waals surface area contributed by atoms with Crippen LogP contribution in [0.15, 0.2) is 29.4 Å². The van der Waals surface area contributed by atoms with Crippen molar-refractivity contribution in [1.29, 1.82) is 0 Å². The van der Waals surface area contributed by atoms with Gasteiger partial charge in [0.1, 0.15) is 10.9 Å². The smallest absolute Gasteiger partial charge is 0.282 e. The van der Waals surface area contributed by atoms with Crippen LogP contribution in [-0.2, 0) is 6.54 Å². The third-order valence-corrected chi connectivity index (χ3v) is 3.08. The molecule has 0 saturated carbocycles. The highest BCUT2D eigenvalue weighted by Crippen LogP contribution is 2.15. The van der Waals surface area contributed by atoms with Crippen molar-refractivity contribution >= 4 is 11.6 Å². The fourth-order valence-corrected chi connectivity index (χ4v) is 1.89. The molecule has 0 spiro atoms. The second-order valence-electron chi connectivity index (χ2n) is 4.58. The van der Waals surface area contributed by atoms with Gasteiger partial charge >= 0.3 is 5.62 Å². The normalized spacial score (nSPS) is 12.1. The van der Waals surface area contributed by atoms with E-state index in [1.807, 2.05) is 32.0 Å². The molecule has 7 nitrogen and oxygen atoms in total. The number of aromatic amines is 1. The first-order chi connectivity index (χ1) is 9.47. The van der Waals surface area contributed by atoms with E-state index in [0.717, 1.165) is 5.56 Å². The molecule has 0 amide bonds. The summed E-state index contributed by atoms with van der Waals surface area (Å²) in [5, 5.41) is 16.7. The predicted molar refractivity (Wildman–Crippen MR) is 73.8 cm³/mol. The van der Waals surface area contributed by atoms with Crippen LogP contribution in [0.1, 0.15) is 31.2 Å². The number of halogens is 1. The Morgan fingerprint density at radius 2 is 2.20 bits per heavy atom. The molecule has 1 aromatic heterocycles. The van der Waals surface area contributed by atoms with Crippen molar-refractivity contribution in [2.75, 3.05) is 0 Å². The van der Waals surface area contributed by atoms with Gasteiger partial charge in [-0.05, 0) is 11.6 Å². The molecule has 0 aliphatic carbocycles. The van der Waals surface area contributed by atoms with E-state index in [1.165, 1.54) is 4.68 Å². The maximum Gasteiger partial charge on any atom is 0.318 e. The van der Waals surface area contributed by atoms with Crippen LogP contribution in [0.4, 0.5) is 0 Å². The lowest BCUT2D eigenvalue weighted by atomic mass is 10.2. The van der Waals surface area contributed by atoms with Gasteiger partial charge in [-0.2, -0.15) is 4.98 Å². The van der Waals surface area contributed by atoms with Gasteiger partial charge in [-0.3, -0.25) is 5.10 Å². The van der Waals surface area contributed by atoms with E-state index in [-0.39, 0.29) is 11.5 Å². The van der Waals surface area contributed by atoms with E-state index >= 15 is 0 Å². The highest BCUT2D eigenvalue weighted by molar-refractivity contribution is 6.31. The zero-order valence-corrected chi connectivity index (χ0v) is 11.8. The Labute approximate surface area is 120 Å². The summed E-state index contributed by atoms with van der Waals surface area (Å²) in [5.41, 5.74) is 0.858. The first kappa shape index (κ1) is 14.3. The number of aromatic nitrogens is 3. The van der Waals surface area contributed by atoms with Gasteiger partial charge in [-0.15, -0.1) is 0 Å².